The molecule has 2 fully saturated rings. The van der Waals surface area contributed by atoms with Gasteiger partial charge in [-0.15, -0.1) is 0 Å². The number of aliphatic carboxylic acids is 1. The Morgan fingerprint density at radius 2 is 2.03 bits per heavy atom. The Bertz CT molecular complexity index is 1010. The van der Waals surface area contributed by atoms with Gasteiger partial charge in [-0.1, -0.05) is 5.16 Å². The maximum Gasteiger partial charge on any atom is 0.307 e. The molecule has 2 aromatic rings. The quantitative estimate of drug-likeness (QED) is 0.692. The van der Waals surface area contributed by atoms with Gasteiger partial charge in [0, 0.05) is 44.1 Å². The monoisotopic (exact) mass is 441 g/mol. The van der Waals surface area contributed by atoms with Gasteiger partial charge >= 0.3 is 5.97 Å². The van der Waals surface area contributed by atoms with E-state index in [0.717, 1.165) is 23.2 Å². The minimum Gasteiger partial charge on any atom is -0.481 e. The molecule has 0 bridgehead atoms. The van der Waals surface area contributed by atoms with Crippen molar-refractivity contribution in [2.45, 2.75) is 25.2 Å². The number of aromatic nitrogens is 1. The molecule has 0 spiro atoms. The molecule has 2 atom stereocenters. The molecule has 0 unspecified atom stereocenters. The van der Waals surface area contributed by atoms with Gasteiger partial charge in [0.15, 0.2) is 11.5 Å². The van der Waals surface area contributed by atoms with Crippen molar-refractivity contribution in [3.63, 3.8) is 0 Å². The first-order chi connectivity index (χ1) is 14.7. The minimum atomic E-state index is -2.88. The summed E-state index contributed by atoms with van der Waals surface area (Å²) in [4.78, 5) is 24.5. The van der Waals surface area contributed by atoms with Gasteiger partial charge in [0.2, 0.25) is 0 Å². The zero-order valence-corrected chi connectivity index (χ0v) is 16.2. The molecule has 2 aliphatic rings. The molecule has 1 saturated heterocycles. The molecule has 4 rings (SSSR count). The number of carboxylic acids is 1. The summed E-state index contributed by atoms with van der Waals surface area (Å²) in [7, 11) is 0. The van der Waals surface area contributed by atoms with Crippen LogP contribution in [0.3, 0.4) is 0 Å². The highest BCUT2D eigenvalue weighted by Crippen LogP contribution is 2.49. The molecule has 1 aromatic heterocycles. The lowest BCUT2D eigenvalue weighted by Crippen LogP contribution is -2.53. The molecule has 1 aromatic carbocycles. The number of hydrogen-bond acceptors (Lipinski definition) is 5. The van der Waals surface area contributed by atoms with Crippen LogP contribution >= 0.6 is 0 Å². The SMILES string of the molecule is O=C(O)[C@H]1CCCN(N(C[C@H]2CC2(F)F)C(=O)c2cc(-c3ccc(F)cc3F)on2)C1. The lowest BCUT2D eigenvalue weighted by atomic mass is 9.99. The first-order valence-electron chi connectivity index (χ1n) is 9.75. The van der Waals surface area contributed by atoms with Crippen LogP contribution in [0.5, 0.6) is 0 Å². The van der Waals surface area contributed by atoms with Crippen molar-refractivity contribution in [2.24, 2.45) is 11.8 Å². The lowest BCUT2D eigenvalue weighted by molar-refractivity contribution is -0.146. The number of carbonyl (C=O) groups is 2. The Kier molecular flexibility index (Phi) is 5.46. The summed E-state index contributed by atoms with van der Waals surface area (Å²) in [5.41, 5.74) is -0.364. The van der Waals surface area contributed by atoms with Gasteiger partial charge in [-0.3, -0.25) is 14.6 Å². The third-order valence-corrected chi connectivity index (χ3v) is 5.60. The first kappa shape index (κ1) is 21.3. The summed E-state index contributed by atoms with van der Waals surface area (Å²) >= 11 is 0. The van der Waals surface area contributed by atoms with Crippen LogP contribution in [0, 0.1) is 23.5 Å². The van der Waals surface area contributed by atoms with Crippen molar-refractivity contribution < 1.29 is 36.8 Å². The number of halogens is 4. The summed E-state index contributed by atoms with van der Waals surface area (Å²) in [6, 6.07) is 3.95. The van der Waals surface area contributed by atoms with E-state index in [1.54, 1.807) is 0 Å². The third-order valence-electron chi connectivity index (χ3n) is 5.60. The van der Waals surface area contributed by atoms with Gasteiger partial charge in [-0.2, -0.15) is 0 Å². The molecule has 1 aliphatic heterocycles. The van der Waals surface area contributed by atoms with E-state index in [1.807, 2.05) is 0 Å². The summed E-state index contributed by atoms with van der Waals surface area (Å²) in [6.45, 7) is 0.0209. The number of amides is 1. The Morgan fingerprint density at radius 1 is 1.29 bits per heavy atom. The van der Waals surface area contributed by atoms with Gasteiger partial charge in [0.05, 0.1) is 11.5 Å². The smallest absolute Gasteiger partial charge is 0.307 e. The Morgan fingerprint density at radius 3 is 2.68 bits per heavy atom. The molecule has 1 saturated carbocycles. The molecule has 2 heterocycles. The van der Waals surface area contributed by atoms with Crippen molar-refractivity contribution in [2.75, 3.05) is 19.6 Å². The predicted octanol–water partition coefficient (Wildman–Crippen LogP) is 3.43. The topological polar surface area (TPSA) is 86.9 Å². The van der Waals surface area contributed by atoms with Crippen LogP contribution < -0.4 is 0 Å². The van der Waals surface area contributed by atoms with E-state index >= 15 is 0 Å². The molecule has 1 N–H and O–H groups in total. The molecule has 0 radical (unpaired) electrons. The molecule has 1 aliphatic carbocycles. The van der Waals surface area contributed by atoms with Crippen LogP contribution in [0.2, 0.25) is 0 Å². The summed E-state index contributed by atoms with van der Waals surface area (Å²) in [6.07, 6.45) is 0.538. The van der Waals surface area contributed by atoms with E-state index in [0.29, 0.717) is 25.5 Å². The number of carboxylic acid groups (broad SMARTS) is 1. The Balaban J connectivity index is 1.58. The van der Waals surface area contributed by atoms with Gasteiger partial charge in [0.25, 0.3) is 11.8 Å². The van der Waals surface area contributed by atoms with Gasteiger partial charge < -0.3 is 9.63 Å². The fraction of sp³-hybridized carbons (Fsp3) is 0.450. The zero-order valence-electron chi connectivity index (χ0n) is 16.2. The van der Waals surface area contributed by atoms with E-state index in [-0.39, 0.29) is 36.5 Å². The lowest BCUT2D eigenvalue weighted by Gasteiger charge is -2.39. The van der Waals surface area contributed by atoms with Crippen LogP contribution in [-0.4, -0.2) is 57.7 Å². The van der Waals surface area contributed by atoms with Crippen molar-refractivity contribution >= 4 is 11.9 Å². The van der Waals surface area contributed by atoms with Crippen LogP contribution in [0.15, 0.2) is 28.8 Å². The Labute approximate surface area is 174 Å². The number of alkyl halides is 2. The average Bonchev–Trinajstić information content (AvgIpc) is 3.10. The van der Waals surface area contributed by atoms with Crippen molar-refractivity contribution in [1.82, 2.24) is 15.2 Å². The average molecular weight is 441 g/mol. The second-order valence-corrected chi connectivity index (χ2v) is 7.84. The number of benzene rings is 1. The number of rotatable bonds is 6. The van der Waals surface area contributed by atoms with E-state index in [1.165, 1.54) is 5.01 Å². The second-order valence-electron chi connectivity index (χ2n) is 7.84. The molecular weight excluding hydrogens is 422 g/mol. The van der Waals surface area contributed by atoms with Crippen LogP contribution in [-0.2, 0) is 4.79 Å². The molecule has 11 heteroatoms. The van der Waals surface area contributed by atoms with E-state index in [4.69, 9.17) is 4.52 Å². The van der Waals surface area contributed by atoms with E-state index in [2.05, 4.69) is 5.16 Å². The summed E-state index contributed by atoms with van der Waals surface area (Å²) in [5, 5.41) is 15.5. The number of piperidine rings is 1. The standard InChI is InChI=1S/C20H19F4N3O4/c21-13-3-4-14(15(22)6-13)17-7-16(25-31-17)18(28)27(10-12-8-20(12,23)24)26-5-1-2-11(9-26)19(29)30/h3-4,6-7,11-12H,1-2,5,8-10H2,(H,29,30)/t11-,12+/m0/s1. The number of carbonyl (C=O) groups excluding carboxylic acids is 1. The van der Waals surface area contributed by atoms with E-state index < -0.39 is 41.3 Å². The summed E-state index contributed by atoms with van der Waals surface area (Å²) < 4.78 is 59.3. The molecule has 7 nitrogen and oxygen atoms in total. The van der Waals surface area contributed by atoms with Crippen LogP contribution in [0.1, 0.15) is 29.8 Å². The second kappa shape index (κ2) is 7.95. The molecular formula is C20H19F4N3O4. The van der Waals surface area contributed by atoms with Crippen molar-refractivity contribution in [3.05, 3.63) is 41.6 Å². The predicted molar refractivity (Wildman–Crippen MR) is 97.9 cm³/mol. The highest BCUT2D eigenvalue weighted by molar-refractivity contribution is 5.93. The first-order valence-corrected chi connectivity index (χ1v) is 9.75. The van der Waals surface area contributed by atoms with E-state index in [9.17, 15) is 32.3 Å². The van der Waals surface area contributed by atoms with Gasteiger partial charge in [0.1, 0.15) is 11.6 Å². The number of nitrogens with zero attached hydrogens (tertiary/aromatic N) is 3. The van der Waals surface area contributed by atoms with Gasteiger partial charge in [-0.25, -0.2) is 22.6 Å². The molecule has 31 heavy (non-hydrogen) atoms. The highest BCUT2D eigenvalue weighted by atomic mass is 19.3. The largest absolute Gasteiger partial charge is 0.481 e. The zero-order chi connectivity index (χ0) is 22.3. The third kappa shape index (κ3) is 4.41. The van der Waals surface area contributed by atoms with Crippen molar-refractivity contribution in [1.29, 1.82) is 0 Å². The molecule has 1 amide bonds. The fourth-order valence-electron chi connectivity index (χ4n) is 3.71. The van der Waals surface area contributed by atoms with Crippen LogP contribution in [0.4, 0.5) is 17.6 Å². The van der Waals surface area contributed by atoms with Crippen molar-refractivity contribution in [3.8, 4) is 11.3 Å². The van der Waals surface area contributed by atoms with Gasteiger partial charge in [-0.05, 0) is 25.0 Å². The number of hydrogen-bond donors (Lipinski definition) is 1. The normalized spacial score (nSPS) is 22.8. The highest BCUT2D eigenvalue weighted by Gasteiger charge is 2.58. The Hall–Kier alpha value is -2.95. The molecule has 166 valence electrons. The minimum absolute atomic E-state index is 0.00331. The summed E-state index contributed by atoms with van der Waals surface area (Å²) in [5.74, 6) is -8.26. The maximum absolute atomic E-state index is 14.0. The van der Waals surface area contributed by atoms with Crippen LogP contribution in [0.25, 0.3) is 11.3 Å². The fourth-order valence-corrected chi connectivity index (χ4v) is 3.71. The maximum atomic E-state index is 14.0. The number of hydrazine groups is 1.